The van der Waals surface area contributed by atoms with E-state index in [1.165, 1.54) is 0 Å². The van der Waals surface area contributed by atoms with Crippen molar-refractivity contribution in [2.75, 3.05) is 0 Å². The Morgan fingerprint density at radius 3 is 2.92 bits per heavy atom. The predicted molar refractivity (Wildman–Crippen MR) is 44.6 cm³/mol. The molecule has 2 heterocycles. The monoisotopic (exact) mass is 179 g/mol. The fourth-order valence-electron chi connectivity index (χ4n) is 0.929. The molecule has 5 nitrogen and oxygen atoms in total. The molecule has 0 saturated carbocycles. The zero-order chi connectivity index (χ0) is 9.26. The molecule has 2 N–H and O–H groups in total. The number of aromatic nitrogens is 2. The largest absolute Gasteiger partial charge is 0.472 e. The summed E-state index contributed by atoms with van der Waals surface area (Å²) in [5.41, 5.74) is 6.35. The first-order chi connectivity index (χ1) is 6.27. The van der Waals surface area contributed by atoms with Crippen LogP contribution in [-0.4, -0.2) is 10.1 Å². The lowest BCUT2D eigenvalue weighted by atomic mass is 10.3. The summed E-state index contributed by atoms with van der Waals surface area (Å²) in [5, 5.41) is 3.75. The van der Waals surface area contributed by atoms with E-state index in [0.717, 1.165) is 5.56 Å². The van der Waals surface area contributed by atoms with E-state index in [4.69, 9.17) is 14.7 Å². The molecular weight excluding hydrogens is 170 g/mol. The van der Waals surface area contributed by atoms with Crippen molar-refractivity contribution < 1.29 is 8.94 Å². The van der Waals surface area contributed by atoms with Crippen LogP contribution in [0.3, 0.4) is 0 Å². The van der Waals surface area contributed by atoms with Gasteiger partial charge in [0, 0.05) is 0 Å². The lowest BCUT2D eigenvalue weighted by molar-refractivity contribution is 0.362. The maximum absolute atomic E-state index is 5.56. The number of nitrogens with zero attached hydrogens (tertiary/aromatic N) is 2. The van der Waals surface area contributed by atoms with Gasteiger partial charge >= 0.3 is 0 Å². The third kappa shape index (κ3) is 1.46. The maximum Gasteiger partial charge on any atom is 0.243 e. The van der Waals surface area contributed by atoms with E-state index < -0.39 is 0 Å². The van der Waals surface area contributed by atoms with E-state index in [0.29, 0.717) is 11.7 Å². The third-order valence-corrected chi connectivity index (χ3v) is 1.61. The van der Waals surface area contributed by atoms with Crippen LogP contribution < -0.4 is 5.73 Å². The first kappa shape index (κ1) is 8.00. The normalized spacial score (nSPS) is 13.1. The van der Waals surface area contributed by atoms with E-state index >= 15 is 0 Å². The van der Waals surface area contributed by atoms with Crippen LogP contribution in [0.25, 0.3) is 11.4 Å². The summed E-state index contributed by atoms with van der Waals surface area (Å²) in [7, 11) is 0. The Balaban J connectivity index is 2.33. The maximum atomic E-state index is 5.56. The van der Waals surface area contributed by atoms with Crippen molar-refractivity contribution in [1.82, 2.24) is 10.1 Å². The fourth-order valence-corrected chi connectivity index (χ4v) is 0.929. The summed E-state index contributed by atoms with van der Waals surface area (Å²) < 4.78 is 9.81. The molecular formula is C8H9N3O2. The molecule has 2 rings (SSSR count). The SMILES string of the molecule is CC(N)c1nc(-c2ccoc2)no1. The highest BCUT2D eigenvalue weighted by Crippen LogP contribution is 2.17. The van der Waals surface area contributed by atoms with Gasteiger partial charge in [0.1, 0.15) is 6.26 Å². The van der Waals surface area contributed by atoms with Crippen molar-refractivity contribution in [3.05, 3.63) is 24.5 Å². The summed E-state index contributed by atoms with van der Waals surface area (Å²) >= 11 is 0. The van der Waals surface area contributed by atoms with Crippen molar-refractivity contribution in [2.24, 2.45) is 5.73 Å². The molecule has 0 aliphatic rings. The molecule has 0 aromatic carbocycles. The first-order valence-corrected chi connectivity index (χ1v) is 3.89. The van der Waals surface area contributed by atoms with Crippen molar-refractivity contribution in [3.8, 4) is 11.4 Å². The molecule has 68 valence electrons. The highest BCUT2D eigenvalue weighted by atomic mass is 16.5. The number of hydrogen-bond donors (Lipinski definition) is 1. The second-order valence-electron chi connectivity index (χ2n) is 2.76. The van der Waals surface area contributed by atoms with Gasteiger partial charge in [-0.1, -0.05) is 5.16 Å². The molecule has 1 atom stereocenters. The molecule has 0 saturated heterocycles. The lowest BCUT2D eigenvalue weighted by Crippen LogP contribution is -2.04. The zero-order valence-corrected chi connectivity index (χ0v) is 7.10. The Kier molecular flexibility index (Phi) is 1.86. The van der Waals surface area contributed by atoms with Crippen LogP contribution in [0.5, 0.6) is 0 Å². The summed E-state index contributed by atoms with van der Waals surface area (Å²) in [6, 6.07) is 1.52. The van der Waals surface area contributed by atoms with Crippen LogP contribution >= 0.6 is 0 Å². The van der Waals surface area contributed by atoms with Crippen molar-refractivity contribution in [2.45, 2.75) is 13.0 Å². The molecule has 5 heteroatoms. The highest BCUT2D eigenvalue weighted by Gasteiger charge is 2.11. The second-order valence-corrected chi connectivity index (χ2v) is 2.76. The molecule has 1 unspecified atom stereocenters. The molecule has 0 amide bonds. The summed E-state index contributed by atoms with van der Waals surface area (Å²) in [6.45, 7) is 1.78. The van der Waals surface area contributed by atoms with E-state index in [1.807, 2.05) is 0 Å². The van der Waals surface area contributed by atoms with Gasteiger partial charge in [-0.3, -0.25) is 0 Å². The van der Waals surface area contributed by atoms with Gasteiger partial charge in [-0.2, -0.15) is 4.98 Å². The van der Waals surface area contributed by atoms with Crippen LogP contribution in [0.2, 0.25) is 0 Å². The van der Waals surface area contributed by atoms with Gasteiger partial charge < -0.3 is 14.7 Å². The highest BCUT2D eigenvalue weighted by molar-refractivity contribution is 5.51. The number of furan rings is 1. The Labute approximate surface area is 74.5 Å². The van der Waals surface area contributed by atoms with Gasteiger partial charge in [0.15, 0.2) is 0 Å². The van der Waals surface area contributed by atoms with Crippen molar-refractivity contribution in [3.63, 3.8) is 0 Å². The third-order valence-electron chi connectivity index (χ3n) is 1.61. The topological polar surface area (TPSA) is 78.1 Å². The Morgan fingerprint density at radius 1 is 1.54 bits per heavy atom. The molecule has 0 spiro atoms. The van der Waals surface area contributed by atoms with Gasteiger partial charge in [0.25, 0.3) is 0 Å². The minimum absolute atomic E-state index is 0.242. The number of nitrogens with two attached hydrogens (primary N) is 1. The fraction of sp³-hybridized carbons (Fsp3) is 0.250. The molecule has 2 aromatic rings. The Bertz CT molecular complexity index is 378. The smallest absolute Gasteiger partial charge is 0.243 e. The number of hydrogen-bond acceptors (Lipinski definition) is 5. The van der Waals surface area contributed by atoms with Crippen molar-refractivity contribution >= 4 is 0 Å². The van der Waals surface area contributed by atoms with E-state index in [2.05, 4.69) is 10.1 Å². The standard InChI is InChI=1S/C8H9N3O2/c1-5(9)8-10-7(11-13-8)6-2-3-12-4-6/h2-5H,9H2,1H3. The predicted octanol–water partition coefficient (Wildman–Crippen LogP) is 1.35. The molecule has 0 aliphatic heterocycles. The minimum atomic E-state index is -0.242. The molecule has 13 heavy (non-hydrogen) atoms. The van der Waals surface area contributed by atoms with Crippen molar-refractivity contribution in [1.29, 1.82) is 0 Å². The molecule has 0 radical (unpaired) electrons. The first-order valence-electron chi connectivity index (χ1n) is 3.89. The zero-order valence-electron chi connectivity index (χ0n) is 7.10. The minimum Gasteiger partial charge on any atom is -0.472 e. The Hall–Kier alpha value is -1.62. The van der Waals surface area contributed by atoms with E-state index in [-0.39, 0.29) is 6.04 Å². The summed E-state index contributed by atoms with van der Waals surface area (Å²) in [6.07, 6.45) is 3.10. The molecule has 2 aromatic heterocycles. The number of rotatable bonds is 2. The van der Waals surface area contributed by atoms with Crippen LogP contribution in [0.1, 0.15) is 18.9 Å². The van der Waals surface area contributed by atoms with Crippen LogP contribution in [0.4, 0.5) is 0 Å². The summed E-state index contributed by atoms with van der Waals surface area (Å²) in [5.74, 6) is 0.928. The molecule has 0 aliphatic carbocycles. The van der Waals surface area contributed by atoms with Gasteiger partial charge in [-0.25, -0.2) is 0 Å². The average molecular weight is 179 g/mol. The summed E-state index contributed by atoms with van der Waals surface area (Å²) in [4.78, 5) is 4.09. The van der Waals surface area contributed by atoms with Crippen LogP contribution in [-0.2, 0) is 0 Å². The average Bonchev–Trinajstić information content (AvgIpc) is 2.75. The quantitative estimate of drug-likeness (QED) is 0.752. The molecule has 0 bridgehead atoms. The molecule has 0 fully saturated rings. The van der Waals surface area contributed by atoms with Gasteiger partial charge in [0.2, 0.25) is 11.7 Å². The van der Waals surface area contributed by atoms with Crippen LogP contribution in [0.15, 0.2) is 27.5 Å². The van der Waals surface area contributed by atoms with Crippen LogP contribution in [0, 0.1) is 0 Å². The van der Waals surface area contributed by atoms with E-state index in [9.17, 15) is 0 Å². The lowest BCUT2D eigenvalue weighted by Gasteiger charge is -1.92. The van der Waals surface area contributed by atoms with Gasteiger partial charge in [-0.05, 0) is 13.0 Å². The van der Waals surface area contributed by atoms with Gasteiger partial charge in [-0.15, -0.1) is 0 Å². The second kappa shape index (κ2) is 3.02. The van der Waals surface area contributed by atoms with E-state index in [1.54, 1.807) is 25.5 Å². The van der Waals surface area contributed by atoms with Gasteiger partial charge in [0.05, 0.1) is 17.9 Å². The Morgan fingerprint density at radius 2 is 2.38 bits per heavy atom.